The summed E-state index contributed by atoms with van der Waals surface area (Å²) in [5.74, 6) is -1.71. The molecule has 1 unspecified atom stereocenters. The Kier molecular flexibility index (Phi) is 8.39. The van der Waals surface area contributed by atoms with Crippen LogP contribution in [0.1, 0.15) is 85.9 Å². The second kappa shape index (κ2) is 11.2. The van der Waals surface area contributed by atoms with Gasteiger partial charge in [0.05, 0.1) is 23.8 Å². The van der Waals surface area contributed by atoms with Crippen molar-refractivity contribution in [3.8, 4) is 5.75 Å². The summed E-state index contributed by atoms with van der Waals surface area (Å²) in [6.07, 6.45) is 6.87. The topological polar surface area (TPSA) is 102 Å². The van der Waals surface area contributed by atoms with E-state index in [0.29, 0.717) is 12.4 Å². The van der Waals surface area contributed by atoms with Gasteiger partial charge in [0.2, 0.25) is 11.8 Å². The maximum Gasteiger partial charge on any atom is 0.266 e. The minimum atomic E-state index is -0.973. The zero-order valence-electron chi connectivity index (χ0n) is 18.9. The van der Waals surface area contributed by atoms with Crippen LogP contribution in [-0.2, 0) is 14.3 Å². The second-order valence-corrected chi connectivity index (χ2v) is 8.52. The molecule has 3 rings (SSSR count). The van der Waals surface area contributed by atoms with E-state index in [2.05, 4.69) is 5.32 Å². The lowest BCUT2D eigenvalue weighted by atomic mass is 10.0. The quantitative estimate of drug-likeness (QED) is 0.392. The predicted octanol–water partition coefficient (Wildman–Crippen LogP) is 3.23. The molecule has 4 amide bonds. The average Bonchev–Trinajstić information content (AvgIpc) is 3.00. The Labute approximate surface area is 188 Å². The highest BCUT2D eigenvalue weighted by atomic mass is 16.5. The number of benzene rings is 1. The number of carbonyl (C=O) groups is 4. The highest BCUT2D eigenvalue weighted by molar-refractivity contribution is 6.24. The molecule has 1 fully saturated rings. The zero-order chi connectivity index (χ0) is 23.1. The molecule has 0 bridgehead atoms. The fourth-order valence-corrected chi connectivity index (χ4v) is 4.02. The number of hydrogen-bond acceptors (Lipinski definition) is 6. The molecular weight excluding hydrogens is 412 g/mol. The molecule has 174 valence electrons. The van der Waals surface area contributed by atoms with Crippen molar-refractivity contribution in [2.24, 2.45) is 0 Å². The number of ether oxygens (including phenoxy) is 2. The summed E-state index contributed by atoms with van der Waals surface area (Å²) in [6, 6.07) is 3.94. The fraction of sp³-hybridized carbons (Fsp3) is 0.583. The van der Waals surface area contributed by atoms with Crippen molar-refractivity contribution >= 4 is 23.6 Å². The fourth-order valence-electron chi connectivity index (χ4n) is 4.02. The summed E-state index contributed by atoms with van der Waals surface area (Å²) < 4.78 is 11.4. The van der Waals surface area contributed by atoms with E-state index in [9.17, 15) is 19.2 Å². The lowest BCUT2D eigenvalue weighted by Gasteiger charge is -2.27. The minimum absolute atomic E-state index is 0.0952. The number of nitrogens with one attached hydrogen (secondary N) is 1. The maximum atomic E-state index is 13.0. The van der Waals surface area contributed by atoms with Gasteiger partial charge in [-0.15, -0.1) is 0 Å². The van der Waals surface area contributed by atoms with Crippen LogP contribution >= 0.6 is 0 Å². The molecule has 1 aromatic rings. The van der Waals surface area contributed by atoms with E-state index in [0.717, 1.165) is 50.0 Å². The summed E-state index contributed by atoms with van der Waals surface area (Å²) in [5.41, 5.74) is 0.438. The van der Waals surface area contributed by atoms with E-state index >= 15 is 0 Å². The van der Waals surface area contributed by atoms with Crippen LogP contribution in [-0.4, -0.2) is 53.9 Å². The van der Waals surface area contributed by atoms with Gasteiger partial charge in [0.1, 0.15) is 11.8 Å². The SMILES string of the molecule is CC(C)OCCCCCCCCOc1cccc2c1C(=O)N(C1CCC(=O)NC1=O)C2=O. The maximum absolute atomic E-state index is 13.0. The number of unbranched alkanes of at least 4 members (excludes halogenated alkanes) is 5. The Morgan fingerprint density at radius 3 is 2.34 bits per heavy atom. The van der Waals surface area contributed by atoms with E-state index in [4.69, 9.17) is 9.47 Å². The lowest BCUT2D eigenvalue weighted by Crippen LogP contribution is -2.54. The molecule has 1 atom stereocenters. The van der Waals surface area contributed by atoms with E-state index in [1.54, 1.807) is 18.2 Å². The van der Waals surface area contributed by atoms with Gasteiger partial charge in [-0.05, 0) is 45.2 Å². The molecule has 1 aromatic carbocycles. The van der Waals surface area contributed by atoms with Crippen LogP contribution in [0.2, 0.25) is 0 Å². The van der Waals surface area contributed by atoms with Crippen LogP contribution in [0, 0.1) is 0 Å². The van der Waals surface area contributed by atoms with Crippen molar-refractivity contribution in [1.82, 2.24) is 10.2 Å². The number of piperidine rings is 1. The van der Waals surface area contributed by atoms with Crippen LogP contribution in [0.5, 0.6) is 5.75 Å². The summed E-state index contributed by atoms with van der Waals surface area (Å²) in [5, 5.41) is 2.20. The van der Waals surface area contributed by atoms with Crippen LogP contribution < -0.4 is 10.1 Å². The van der Waals surface area contributed by atoms with Crippen LogP contribution in [0.25, 0.3) is 0 Å². The molecule has 0 radical (unpaired) electrons. The van der Waals surface area contributed by atoms with Gasteiger partial charge >= 0.3 is 0 Å². The monoisotopic (exact) mass is 444 g/mol. The molecule has 1 saturated heterocycles. The summed E-state index contributed by atoms with van der Waals surface area (Å²) in [4.78, 5) is 50.4. The molecular formula is C24H32N2O6. The molecule has 0 aromatic heterocycles. The normalized spacial score (nSPS) is 18.3. The van der Waals surface area contributed by atoms with Crippen molar-refractivity contribution in [3.63, 3.8) is 0 Å². The Hall–Kier alpha value is -2.74. The first kappa shape index (κ1) is 23.9. The number of carbonyl (C=O) groups excluding carboxylic acids is 4. The molecule has 0 saturated carbocycles. The molecule has 8 heteroatoms. The standard InChI is InChI=1S/C24H32N2O6/c1-16(2)31-14-7-5-3-4-6-8-15-32-19-11-9-10-17-21(19)24(30)26(23(17)29)18-12-13-20(27)25-22(18)28/h9-11,16,18H,3-8,12-15H2,1-2H3,(H,25,27,28). The Balaban J connectivity index is 1.48. The first-order valence-electron chi connectivity index (χ1n) is 11.5. The number of amides is 4. The summed E-state index contributed by atoms with van der Waals surface area (Å²) in [6.45, 7) is 5.34. The van der Waals surface area contributed by atoms with Crippen LogP contribution in [0.3, 0.4) is 0 Å². The van der Waals surface area contributed by atoms with Gasteiger partial charge in [0.15, 0.2) is 0 Å². The number of hydrogen-bond donors (Lipinski definition) is 1. The average molecular weight is 445 g/mol. The van der Waals surface area contributed by atoms with Gasteiger partial charge in [-0.3, -0.25) is 29.4 Å². The zero-order valence-corrected chi connectivity index (χ0v) is 18.9. The number of rotatable bonds is 12. The third-order valence-corrected chi connectivity index (χ3v) is 5.68. The number of fused-ring (bicyclic) bond motifs is 1. The minimum Gasteiger partial charge on any atom is -0.493 e. The first-order chi connectivity index (χ1) is 15.4. The third kappa shape index (κ3) is 5.73. The van der Waals surface area contributed by atoms with Crippen molar-refractivity contribution in [2.75, 3.05) is 13.2 Å². The highest BCUT2D eigenvalue weighted by Crippen LogP contribution is 2.33. The predicted molar refractivity (Wildman–Crippen MR) is 117 cm³/mol. The molecule has 2 aliphatic heterocycles. The van der Waals surface area contributed by atoms with Gasteiger partial charge < -0.3 is 9.47 Å². The summed E-state index contributed by atoms with van der Waals surface area (Å²) in [7, 11) is 0. The van der Waals surface area contributed by atoms with E-state index in [-0.39, 0.29) is 30.1 Å². The molecule has 1 N–H and O–H groups in total. The summed E-state index contributed by atoms with van der Waals surface area (Å²) >= 11 is 0. The van der Waals surface area contributed by atoms with Crippen molar-refractivity contribution < 1.29 is 28.7 Å². The Morgan fingerprint density at radius 1 is 0.969 bits per heavy atom. The Bertz CT molecular complexity index is 866. The van der Waals surface area contributed by atoms with Gasteiger partial charge in [-0.25, -0.2) is 0 Å². The number of nitrogens with zero attached hydrogens (tertiary/aromatic N) is 1. The van der Waals surface area contributed by atoms with Crippen molar-refractivity contribution in [2.45, 2.75) is 77.4 Å². The number of imide groups is 2. The van der Waals surface area contributed by atoms with Crippen molar-refractivity contribution in [3.05, 3.63) is 29.3 Å². The molecule has 2 aliphatic rings. The largest absolute Gasteiger partial charge is 0.493 e. The van der Waals surface area contributed by atoms with Gasteiger partial charge in [0.25, 0.3) is 11.8 Å². The smallest absolute Gasteiger partial charge is 0.266 e. The molecule has 0 spiro atoms. The third-order valence-electron chi connectivity index (χ3n) is 5.68. The second-order valence-electron chi connectivity index (χ2n) is 8.52. The van der Waals surface area contributed by atoms with Gasteiger partial charge in [0, 0.05) is 13.0 Å². The van der Waals surface area contributed by atoms with Gasteiger partial charge in [-0.2, -0.15) is 0 Å². The first-order valence-corrected chi connectivity index (χ1v) is 11.5. The van der Waals surface area contributed by atoms with Crippen LogP contribution in [0.4, 0.5) is 0 Å². The molecule has 2 heterocycles. The van der Waals surface area contributed by atoms with E-state index in [1.807, 2.05) is 13.8 Å². The van der Waals surface area contributed by atoms with Crippen molar-refractivity contribution in [1.29, 1.82) is 0 Å². The van der Waals surface area contributed by atoms with E-state index in [1.165, 1.54) is 0 Å². The highest BCUT2D eigenvalue weighted by Gasteiger charge is 2.45. The van der Waals surface area contributed by atoms with E-state index < -0.39 is 29.7 Å². The van der Waals surface area contributed by atoms with Gasteiger partial charge in [-0.1, -0.05) is 31.7 Å². The van der Waals surface area contributed by atoms with Crippen LogP contribution in [0.15, 0.2) is 18.2 Å². The lowest BCUT2D eigenvalue weighted by molar-refractivity contribution is -0.136. The molecule has 8 nitrogen and oxygen atoms in total. The molecule has 0 aliphatic carbocycles. The Morgan fingerprint density at radius 2 is 1.66 bits per heavy atom. The molecule has 32 heavy (non-hydrogen) atoms.